The van der Waals surface area contributed by atoms with Gasteiger partial charge in [-0.2, -0.15) is 0 Å². The molecule has 2 amide bonds. The first-order chi connectivity index (χ1) is 16.4. The van der Waals surface area contributed by atoms with E-state index in [0.717, 1.165) is 22.9 Å². The number of nitrogens with one attached hydrogen (secondary N) is 2. The van der Waals surface area contributed by atoms with Crippen molar-refractivity contribution in [3.63, 3.8) is 0 Å². The van der Waals surface area contributed by atoms with Crippen LogP contribution in [-0.4, -0.2) is 35.1 Å². The maximum Gasteiger partial charge on any atom is 0.341 e. The molecule has 0 aliphatic carbocycles. The number of ether oxygens (including phenoxy) is 1. The van der Waals surface area contributed by atoms with Crippen LogP contribution in [0.3, 0.4) is 0 Å². The number of hydrogen-bond donors (Lipinski definition) is 2. The van der Waals surface area contributed by atoms with E-state index in [9.17, 15) is 14.4 Å². The van der Waals surface area contributed by atoms with Crippen LogP contribution in [0.5, 0.6) is 0 Å². The van der Waals surface area contributed by atoms with Gasteiger partial charge in [0.15, 0.2) is 6.61 Å². The summed E-state index contributed by atoms with van der Waals surface area (Å²) in [5, 5.41) is 6.10. The van der Waals surface area contributed by atoms with Crippen LogP contribution >= 0.6 is 11.8 Å². The van der Waals surface area contributed by atoms with Gasteiger partial charge in [0.25, 0.3) is 5.91 Å². The van der Waals surface area contributed by atoms with Gasteiger partial charge < -0.3 is 15.4 Å². The first-order valence-corrected chi connectivity index (χ1v) is 11.9. The van der Waals surface area contributed by atoms with Crippen LogP contribution in [0.15, 0.2) is 84.0 Å². The van der Waals surface area contributed by atoms with Crippen molar-refractivity contribution in [1.82, 2.24) is 15.6 Å². The van der Waals surface area contributed by atoms with Gasteiger partial charge in [-0.05, 0) is 37.1 Å². The number of thioether (sulfide) groups is 1. The lowest BCUT2D eigenvalue weighted by molar-refractivity contribution is -0.125. The molecule has 0 aliphatic heterocycles. The normalized spacial score (nSPS) is 12.3. The highest BCUT2D eigenvalue weighted by Crippen LogP contribution is 2.21. The maximum absolute atomic E-state index is 12.6. The zero-order valence-corrected chi connectivity index (χ0v) is 19.9. The van der Waals surface area contributed by atoms with E-state index in [1.54, 1.807) is 12.1 Å². The molecule has 34 heavy (non-hydrogen) atoms. The molecule has 0 radical (unpaired) electrons. The summed E-state index contributed by atoms with van der Waals surface area (Å²) in [7, 11) is 0. The van der Waals surface area contributed by atoms with Gasteiger partial charge in [-0.1, -0.05) is 72.4 Å². The van der Waals surface area contributed by atoms with Gasteiger partial charge in [-0.25, -0.2) is 9.78 Å². The molecule has 2 atom stereocenters. The summed E-state index contributed by atoms with van der Waals surface area (Å²) in [6.45, 7) is 3.35. The highest BCUT2D eigenvalue weighted by Gasteiger charge is 2.18. The van der Waals surface area contributed by atoms with Crippen molar-refractivity contribution in [1.29, 1.82) is 0 Å². The van der Waals surface area contributed by atoms with Crippen LogP contribution in [0.1, 0.15) is 47.4 Å². The van der Waals surface area contributed by atoms with E-state index in [1.807, 2.05) is 74.5 Å². The van der Waals surface area contributed by atoms with Crippen LogP contribution in [0, 0.1) is 0 Å². The summed E-state index contributed by atoms with van der Waals surface area (Å²) >= 11 is 1.14. The number of hydrogen-bond acceptors (Lipinski definition) is 6. The quantitative estimate of drug-likeness (QED) is 0.337. The van der Waals surface area contributed by atoms with Crippen LogP contribution in [0.2, 0.25) is 0 Å². The summed E-state index contributed by atoms with van der Waals surface area (Å²) in [6.07, 6.45) is 1.54. The Bertz CT molecular complexity index is 1110. The maximum atomic E-state index is 12.6. The summed E-state index contributed by atoms with van der Waals surface area (Å²) in [6, 6.07) is 22.0. The van der Waals surface area contributed by atoms with Crippen LogP contribution in [-0.2, 0) is 14.3 Å². The molecule has 8 heteroatoms. The summed E-state index contributed by atoms with van der Waals surface area (Å²) < 4.78 is 5.19. The number of carbonyl (C=O) groups is 3. The molecule has 2 N–H and O–H groups in total. The van der Waals surface area contributed by atoms with E-state index in [1.165, 1.54) is 6.20 Å². The minimum Gasteiger partial charge on any atom is -0.452 e. The highest BCUT2D eigenvalue weighted by molar-refractivity contribution is 8.00. The largest absolute Gasteiger partial charge is 0.452 e. The molecule has 0 saturated heterocycles. The minimum atomic E-state index is -0.670. The van der Waals surface area contributed by atoms with Gasteiger partial charge >= 0.3 is 5.97 Å². The fraction of sp³-hybridized carbons (Fsp3) is 0.231. The van der Waals surface area contributed by atoms with Gasteiger partial charge in [0, 0.05) is 6.20 Å². The first kappa shape index (κ1) is 25.0. The van der Waals surface area contributed by atoms with Gasteiger partial charge in [-0.3, -0.25) is 9.59 Å². The van der Waals surface area contributed by atoms with E-state index in [-0.39, 0.29) is 29.3 Å². The van der Waals surface area contributed by atoms with Crippen LogP contribution < -0.4 is 10.6 Å². The number of benzene rings is 2. The molecule has 0 bridgehead atoms. The average Bonchev–Trinajstić information content (AvgIpc) is 2.87. The number of carbonyl (C=O) groups excluding carboxylic acids is 3. The van der Waals surface area contributed by atoms with Crippen molar-refractivity contribution in [2.75, 3.05) is 12.4 Å². The van der Waals surface area contributed by atoms with E-state index >= 15 is 0 Å². The number of esters is 1. The lowest BCUT2D eigenvalue weighted by atomic mass is 10.1. The van der Waals surface area contributed by atoms with Crippen molar-refractivity contribution >= 4 is 29.5 Å². The third kappa shape index (κ3) is 7.45. The summed E-state index contributed by atoms with van der Waals surface area (Å²) in [4.78, 5) is 41.4. The molecule has 0 saturated carbocycles. The minimum absolute atomic E-state index is 0.0868. The van der Waals surface area contributed by atoms with Crippen molar-refractivity contribution in [3.05, 3.63) is 95.7 Å². The predicted molar refractivity (Wildman–Crippen MR) is 131 cm³/mol. The second-order valence-electron chi connectivity index (χ2n) is 7.62. The monoisotopic (exact) mass is 477 g/mol. The van der Waals surface area contributed by atoms with Crippen LogP contribution in [0.4, 0.5) is 0 Å². The highest BCUT2D eigenvalue weighted by atomic mass is 32.2. The van der Waals surface area contributed by atoms with Crippen molar-refractivity contribution < 1.29 is 19.1 Å². The van der Waals surface area contributed by atoms with Crippen LogP contribution in [0.25, 0.3) is 0 Å². The number of pyridine rings is 1. The van der Waals surface area contributed by atoms with E-state index in [2.05, 4.69) is 15.6 Å². The van der Waals surface area contributed by atoms with Crippen molar-refractivity contribution in [3.8, 4) is 0 Å². The van der Waals surface area contributed by atoms with E-state index in [4.69, 9.17) is 4.74 Å². The van der Waals surface area contributed by atoms with Gasteiger partial charge in [0.1, 0.15) is 5.03 Å². The molecule has 0 fully saturated rings. The number of rotatable bonds is 10. The fourth-order valence-corrected chi connectivity index (χ4v) is 4.01. The Labute approximate surface area is 203 Å². The lowest BCUT2D eigenvalue weighted by Gasteiger charge is -2.15. The Morgan fingerprint density at radius 3 is 1.97 bits per heavy atom. The van der Waals surface area contributed by atoms with E-state index in [0.29, 0.717) is 5.03 Å². The molecule has 1 aromatic heterocycles. The van der Waals surface area contributed by atoms with Crippen molar-refractivity contribution in [2.45, 2.75) is 31.0 Å². The topological polar surface area (TPSA) is 97.4 Å². The molecular weight excluding hydrogens is 450 g/mol. The molecule has 1 heterocycles. The molecule has 0 aliphatic rings. The summed E-state index contributed by atoms with van der Waals surface area (Å²) in [5.74, 6) is -1.17. The molecule has 7 nitrogen and oxygen atoms in total. The zero-order chi connectivity index (χ0) is 24.3. The Kier molecular flexibility index (Phi) is 9.22. The predicted octanol–water partition coefficient (Wildman–Crippen LogP) is 4.09. The van der Waals surface area contributed by atoms with Gasteiger partial charge in [0.05, 0.1) is 23.4 Å². The Hall–Kier alpha value is -3.65. The third-order valence-electron chi connectivity index (χ3n) is 5.02. The lowest BCUT2D eigenvalue weighted by Crippen LogP contribution is -2.31. The number of nitrogens with zero attached hydrogens (tertiary/aromatic N) is 1. The molecule has 2 aromatic carbocycles. The average molecular weight is 478 g/mol. The first-order valence-electron chi connectivity index (χ1n) is 10.9. The smallest absolute Gasteiger partial charge is 0.341 e. The molecule has 0 spiro atoms. The van der Waals surface area contributed by atoms with Gasteiger partial charge in [-0.15, -0.1) is 0 Å². The van der Waals surface area contributed by atoms with E-state index < -0.39 is 18.5 Å². The Morgan fingerprint density at radius 1 is 0.824 bits per heavy atom. The molecular formula is C26H27N3O4S. The molecule has 0 unspecified atom stereocenters. The Morgan fingerprint density at radius 2 is 1.38 bits per heavy atom. The molecule has 176 valence electrons. The summed E-state index contributed by atoms with van der Waals surface area (Å²) in [5.41, 5.74) is 2.16. The Balaban J connectivity index is 1.50. The fourth-order valence-electron chi connectivity index (χ4n) is 3.22. The van der Waals surface area contributed by atoms with Crippen molar-refractivity contribution in [2.24, 2.45) is 0 Å². The molecule has 3 aromatic rings. The SMILES string of the molecule is C[C@@H](NC(=O)COC(=O)c1cccnc1SCC(=O)N[C@H](C)c1ccccc1)c1ccccc1. The second-order valence-corrected chi connectivity index (χ2v) is 8.58. The number of aromatic nitrogens is 1. The number of amides is 2. The third-order valence-corrected chi connectivity index (χ3v) is 6.02. The zero-order valence-electron chi connectivity index (χ0n) is 19.1. The van der Waals surface area contributed by atoms with Gasteiger partial charge in [0.2, 0.25) is 5.91 Å². The molecule has 3 rings (SSSR count). The second kappa shape index (κ2) is 12.6. The standard InChI is InChI=1S/C26H27N3O4S/c1-18(20-10-5-3-6-11-20)28-23(30)16-33-26(32)22-14-9-15-27-25(22)34-17-24(31)29-19(2)21-12-7-4-8-13-21/h3-15,18-19H,16-17H2,1-2H3,(H,28,30)(H,29,31)/t18-,19-/m1/s1.